The molecule has 0 saturated heterocycles. The summed E-state index contributed by atoms with van der Waals surface area (Å²) in [5.74, 6) is 2.44. The molecule has 0 bridgehead atoms. The zero-order valence-corrected chi connectivity index (χ0v) is 20.2. The van der Waals surface area contributed by atoms with Crippen LogP contribution in [0.15, 0.2) is 30.5 Å². The van der Waals surface area contributed by atoms with Gasteiger partial charge >= 0.3 is 6.03 Å². The average molecular weight is 467 g/mol. The minimum Gasteiger partial charge on any atom is -0.508 e. The van der Waals surface area contributed by atoms with Crippen LogP contribution in [-0.2, 0) is 19.4 Å². The van der Waals surface area contributed by atoms with E-state index in [-0.39, 0.29) is 17.8 Å². The van der Waals surface area contributed by atoms with Crippen molar-refractivity contribution in [2.75, 3.05) is 38.7 Å². The van der Waals surface area contributed by atoms with E-state index >= 15 is 0 Å². The van der Waals surface area contributed by atoms with Crippen LogP contribution in [0.4, 0.5) is 4.79 Å². The molecule has 10 heteroatoms. The van der Waals surface area contributed by atoms with Crippen molar-refractivity contribution in [3.63, 3.8) is 0 Å². The van der Waals surface area contributed by atoms with E-state index in [1.807, 2.05) is 58.7 Å². The van der Waals surface area contributed by atoms with Crippen LogP contribution in [0.3, 0.4) is 0 Å². The molecule has 0 radical (unpaired) electrons. The molecule has 1 heterocycles. The van der Waals surface area contributed by atoms with Gasteiger partial charge in [-0.3, -0.25) is 4.68 Å². The minimum absolute atomic E-state index is 0.156. The number of carbonyl (C=O) groups excluding carboxylic acids is 1. The fourth-order valence-corrected chi connectivity index (χ4v) is 4.91. The number of nitrogens with zero attached hydrogens (tertiary/aromatic N) is 4. The van der Waals surface area contributed by atoms with E-state index in [1.54, 1.807) is 12.1 Å². The number of nitrogens with one attached hydrogen (secondary N) is 2. The Morgan fingerprint density at radius 2 is 1.94 bits per heavy atom. The van der Waals surface area contributed by atoms with Gasteiger partial charge in [-0.15, -0.1) is 5.10 Å². The van der Waals surface area contributed by atoms with Crippen molar-refractivity contribution in [2.24, 2.45) is 0 Å². The maximum Gasteiger partial charge on any atom is 0.314 e. The molecular formula is C21H34N6O2S2. The van der Waals surface area contributed by atoms with Crippen molar-refractivity contribution >= 4 is 27.6 Å². The van der Waals surface area contributed by atoms with Gasteiger partial charge in [0.1, 0.15) is 5.75 Å². The maximum atomic E-state index is 12.2. The highest BCUT2D eigenvalue weighted by atomic mass is 33.1. The molecule has 1 aromatic heterocycles. The zero-order chi connectivity index (χ0) is 22.5. The number of benzene rings is 1. The smallest absolute Gasteiger partial charge is 0.314 e. The van der Waals surface area contributed by atoms with Crippen LogP contribution in [0.5, 0.6) is 5.75 Å². The fourth-order valence-electron chi connectivity index (χ4n) is 2.81. The maximum absolute atomic E-state index is 12.2. The van der Waals surface area contributed by atoms with E-state index in [4.69, 9.17) is 0 Å². The molecule has 2 rings (SSSR count). The van der Waals surface area contributed by atoms with Crippen molar-refractivity contribution in [1.29, 1.82) is 0 Å². The van der Waals surface area contributed by atoms with Crippen molar-refractivity contribution in [1.82, 2.24) is 30.5 Å². The van der Waals surface area contributed by atoms with E-state index < -0.39 is 0 Å². The molecule has 31 heavy (non-hydrogen) atoms. The molecule has 0 unspecified atom stereocenters. The van der Waals surface area contributed by atoms with Gasteiger partial charge in [0.05, 0.1) is 12.2 Å². The van der Waals surface area contributed by atoms with Crippen molar-refractivity contribution < 1.29 is 9.90 Å². The van der Waals surface area contributed by atoms with Gasteiger partial charge in [-0.25, -0.2) is 4.79 Å². The lowest BCUT2D eigenvalue weighted by Crippen LogP contribution is -2.45. The first-order valence-corrected chi connectivity index (χ1v) is 13.1. The molecular weight excluding hydrogens is 432 g/mol. The Morgan fingerprint density at radius 3 is 2.65 bits per heavy atom. The van der Waals surface area contributed by atoms with E-state index in [0.717, 1.165) is 30.0 Å². The summed E-state index contributed by atoms with van der Waals surface area (Å²) >= 11 is 0. The molecule has 172 valence electrons. The van der Waals surface area contributed by atoms with Crippen LogP contribution in [0.1, 0.15) is 24.6 Å². The largest absolute Gasteiger partial charge is 0.508 e. The van der Waals surface area contributed by atoms with Crippen molar-refractivity contribution in [3.05, 3.63) is 41.7 Å². The lowest BCUT2D eigenvalue weighted by atomic mass is 10.1. The summed E-state index contributed by atoms with van der Waals surface area (Å²) in [7, 11) is 7.75. The summed E-state index contributed by atoms with van der Waals surface area (Å²) in [6.45, 7) is 4.07. The number of rotatable bonds is 14. The lowest BCUT2D eigenvalue weighted by Gasteiger charge is -2.25. The number of hydrogen-bond donors (Lipinski definition) is 3. The molecule has 2 aromatic rings. The van der Waals surface area contributed by atoms with E-state index in [9.17, 15) is 9.90 Å². The molecule has 8 nitrogen and oxygen atoms in total. The van der Waals surface area contributed by atoms with Crippen LogP contribution in [0.25, 0.3) is 0 Å². The van der Waals surface area contributed by atoms with Gasteiger partial charge in [-0.05, 0) is 44.6 Å². The number of likely N-dealkylation sites (N-methyl/N-ethyl adjacent to an activating group) is 1. The summed E-state index contributed by atoms with van der Waals surface area (Å²) in [5.41, 5.74) is 1.99. The lowest BCUT2D eigenvalue weighted by molar-refractivity contribution is 0.232. The number of phenols is 1. The number of hydrogen-bond acceptors (Lipinski definition) is 7. The molecule has 3 N–H and O–H groups in total. The topological polar surface area (TPSA) is 95.3 Å². The minimum atomic E-state index is -0.186. The Hall–Kier alpha value is -1.91. The van der Waals surface area contributed by atoms with Gasteiger partial charge in [-0.2, -0.15) is 0 Å². The molecule has 2 amide bonds. The number of phenolic OH excluding ortho intramolecular Hbond substituents is 1. The molecule has 0 saturated carbocycles. The highest BCUT2D eigenvalue weighted by Crippen LogP contribution is 2.21. The Bertz CT molecular complexity index is 769. The van der Waals surface area contributed by atoms with Gasteiger partial charge in [0, 0.05) is 43.3 Å². The van der Waals surface area contributed by atoms with E-state index in [1.165, 1.54) is 12.2 Å². The fraction of sp³-hybridized carbons (Fsp3) is 0.571. The van der Waals surface area contributed by atoms with Crippen molar-refractivity contribution in [2.45, 2.75) is 38.8 Å². The Labute approximate surface area is 192 Å². The van der Waals surface area contributed by atoms with Crippen LogP contribution in [0.2, 0.25) is 0 Å². The normalized spacial score (nSPS) is 12.1. The highest BCUT2D eigenvalue weighted by Gasteiger charge is 2.14. The van der Waals surface area contributed by atoms with Gasteiger partial charge in [0.2, 0.25) is 0 Å². The van der Waals surface area contributed by atoms with Gasteiger partial charge in [0.25, 0.3) is 0 Å². The molecule has 0 spiro atoms. The highest BCUT2D eigenvalue weighted by molar-refractivity contribution is 8.76. The van der Waals surface area contributed by atoms with E-state index in [2.05, 4.69) is 32.8 Å². The van der Waals surface area contributed by atoms with Gasteiger partial charge in [0.15, 0.2) is 0 Å². The molecule has 1 atom stereocenters. The summed E-state index contributed by atoms with van der Waals surface area (Å²) in [5, 5.41) is 23.6. The number of carbonyl (C=O) groups is 1. The molecule has 1 aromatic carbocycles. The quantitative estimate of drug-likeness (QED) is 0.291. The number of aryl methyl sites for hydroxylation is 1. The molecule has 0 aliphatic heterocycles. The second-order valence-electron chi connectivity index (χ2n) is 7.49. The van der Waals surface area contributed by atoms with Crippen LogP contribution in [-0.4, -0.2) is 75.8 Å². The van der Waals surface area contributed by atoms with Crippen LogP contribution < -0.4 is 10.6 Å². The molecule has 0 aliphatic carbocycles. The summed E-state index contributed by atoms with van der Waals surface area (Å²) in [4.78, 5) is 14.3. The average Bonchev–Trinajstić information content (AvgIpc) is 3.19. The first kappa shape index (κ1) is 25.4. The third-order valence-corrected chi connectivity index (χ3v) is 7.25. The predicted octanol–water partition coefficient (Wildman–Crippen LogP) is 2.79. The number of amides is 2. The first-order valence-electron chi connectivity index (χ1n) is 10.6. The van der Waals surface area contributed by atoms with Gasteiger partial charge < -0.3 is 20.6 Å². The number of aromatic nitrogens is 3. The zero-order valence-electron chi connectivity index (χ0n) is 18.6. The number of urea groups is 1. The number of aromatic hydroxyl groups is 1. The standard InChI is InChI=1S/C21H34N6O2S2/c1-4-12-30-31-13-11-27-16-18(24-25-27)9-10-22-21(29)23-15-19(26(2)3)14-17-5-7-20(28)8-6-17/h5-8,16,19,28H,4,9-15H2,1-3H3,(H2,22,23,29)/t19-/m0/s1. The molecule has 0 fully saturated rings. The second kappa shape index (κ2) is 14.2. The Kier molecular flexibility index (Phi) is 11.6. The Morgan fingerprint density at radius 1 is 1.19 bits per heavy atom. The van der Waals surface area contributed by atoms with E-state index in [0.29, 0.717) is 19.5 Å². The third-order valence-electron chi connectivity index (χ3n) is 4.66. The third kappa shape index (κ3) is 10.3. The van der Waals surface area contributed by atoms with Crippen LogP contribution >= 0.6 is 21.6 Å². The predicted molar refractivity (Wildman–Crippen MR) is 130 cm³/mol. The van der Waals surface area contributed by atoms with Gasteiger partial charge in [-0.1, -0.05) is 45.9 Å². The monoisotopic (exact) mass is 466 g/mol. The first-order chi connectivity index (χ1) is 15.0. The summed E-state index contributed by atoms with van der Waals surface area (Å²) < 4.78 is 1.86. The second-order valence-corrected chi connectivity index (χ2v) is 10.2. The van der Waals surface area contributed by atoms with Crippen molar-refractivity contribution in [3.8, 4) is 5.75 Å². The molecule has 0 aliphatic rings. The summed E-state index contributed by atoms with van der Waals surface area (Å²) in [6, 6.07) is 7.15. The SMILES string of the molecule is CCCSSCCn1cc(CCNC(=O)NC[C@H](Cc2ccc(O)cc2)N(C)C)nn1. The van der Waals surface area contributed by atoms with Crippen LogP contribution in [0, 0.1) is 0 Å². The summed E-state index contributed by atoms with van der Waals surface area (Å²) in [6.07, 6.45) is 4.58. The Balaban J connectivity index is 1.65.